The summed E-state index contributed by atoms with van der Waals surface area (Å²) in [5, 5.41) is 9.82. The molecule has 0 aromatic carbocycles. The van der Waals surface area contributed by atoms with Crippen LogP contribution in [0.2, 0.25) is 0 Å². The molecule has 0 bridgehead atoms. The van der Waals surface area contributed by atoms with Gasteiger partial charge in [-0.25, -0.2) is 4.39 Å². The maximum absolute atomic E-state index is 12.5. The van der Waals surface area contributed by atoms with Gasteiger partial charge in [0.2, 0.25) is 0 Å². The van der Waals surface area contributed by atoms with E-state index < -0.39 is 11.4 Å². The van der Waals surface area contributed by atoms with Gasteiger partial charge in [-0.3, -0.25) is 4.98 Å². The van der Waals surface area contributed by atoms with Gasteiger partial charge in [0.25, 0.3) is 0 Å². The van der Waals surface area contributed by atoms with Gasteiger partial charge in [-0.1, -0.05) is 6.08 Å². The fourth-order valence-electron chi connectivity index (χ4n) is 1.08. The van der Waals surface area contributed by atoms with Crippen LogP contribution in [0.1, 0.15) is 19.0 Å². The molecule has 1 heterocycles. The number of aromatic nitrogens is 1. The van der Waals surface area contributed by atoms with Crippen molar-refractivity contribution in [2.24, 2.45) is 0 Å². The molecule has 0 aliphatic carbocycles. The summed E-state index contributed by atoms with van der Waals surface area (Å²) >= 11 is 0. The molecule has 0 saturated carbocycles. The minimum atomic E-state index is -1.06. The molecule has 0 aliphatic rings. The Morgan fingerprint density at radius 2 is 2.38 bits per heavy atom. The maximum atomic E-state index is 12.5. The molecule has 70 valence electrons. The zero-order chi connectivity index (χ0) is 9.90. The molecular weight excluding hydrogens is 169 g/mol. The Kier molecular flexibility index (Phi) is 2.78. The van der Waals surface area contributed by atoms with Crippen LogP contribution in [0.15, 0.2) is 31.0 Å². The van der Waals surface area contributed by atoms with E-state index in [0.29, 0.717) is 12.1 Å². The summed E-state index contributed by atoms with van der Waals surface area (Å²) < 4.78 is 12.5. The number of pyridine rings is 1. The first-order chi connectivity index (χ1) is 6.06. The molecule has 2 nitrogen and oxygen atoms in total. The van der Waals surface area contributed by atoms with E-state index in [1.165, 1.54) is 12.1 Å². The summed E-state index contributed by atoms with van der Waals surface area (Å²) in [6.07, 6.45) is 3.09. The molecule has 1 N–H and O–H groups in total. The van der Waals surface area contributed by atoms with Gasteiger partial charge in [0.05, 0.1) is 11.9 Å². The van der Waals surface area contributed by atoms with E-state index >= 15 is 0 Å². The lowest BCUT2D eigenvalue weighted by atomic mass is 9.98. The number of rotatable bonds is 3. The first-order valence-corrected chi connectivity index (χ1v) is 4.01. The second kappa shape index (κ2) is 3.66. The highest BCUT2D eigenvalue weighted by molar-refractivity contribution is 5.13. The maximum Gasteiger partial charge on any atom is 0.141 e. The Bertz CT molecular complexity index is 292. The van der Waals surface area contributed by atoms with Crippen molar-refractivity contribution in [2.75, 3.05) is 0 Å². The standard InChI is InChI=1S/C10H12FNO/c1-3-6-10(2,13)9-5-4-8(11)7-12-9/h3-5,7,13H,1,6H2,2H3. The zero-order valence-corrected chi connectivity index (χ0v) is 7.50. The fraction of sp³-hybridized carbons (Fsp3) is 0.300. The predicted octanol–water partition coefficient (Wildman–Crippen LogP) is 2.00. The molecule has 0 spiro atoms. The van der Waals surface area contributed by atoms with E-state index in [2.05, 4.69) is 11.6 Å². The number of aliphatic hydroxyl groups is 1. The minimum Gasteiger partial charge on any atom is -0.384 e. The van der Waals surface area contributed by atoms with Crippen LogP contribution in [0.5, 0.6) is 0 Å². The van der Waals surface area contributed by atoms with E-state index in [1.807, 2.05) is 0 Å². The molecule has 1 unspecified atom stereocenters. The van der Waals surface area contributed by atoms with Crippen LogP contribution in [-0.4, -0.2) is 10.1 Å². The first kappa shape index (κ1) is 9.86. The third-order valence-corrected chi connectivity index (χ3v) is 1.82. The summed E-state index contributed by atoms with van der Waals surface area (Å²) in [7, 11) is 0. The quantitative estimate of drug-likeness (QED) is 0.723. The van der Waals surface area contributed by atoms with Crippen molar-refractivity contribution in [2.45, 2.75) is 18.9 Å². The molecule has 0 aliphatic heterocycles. The van der Waals surface area contributed by atoms with Crippen molar-refractivity contribution in [1.29, 1.82) is 0 Å². The van der Waals surface area contributed by atoms with Gasteiger partial charge in [0.1, 0.15) is 11.4 Å². The van der Waals surface area contributed by atoms with Crippen LogP contribution >= 0.6 is 0 Å². The van der Waals surface area contributed by atoms with Crippen LogP contribution < -0.4 is 0 Å². The second-order valence-corrected chi connectivity index (χ2v) is 3.13. The topological polar surface area (TPSA) is 33.1 Å². The van der Waals surface area contributed by atoms with Gasteiger partial charge < -0.3 is 5.11 Å². The molecule has 1 aromatic rings. The summed E-state index contributed by atoms with van der Waals surface area (Å²) in [5.74, 6) is -0.404. The monoisotopic (exact) mass is 181 g/mol. The Morgan fingerprint density at radius 1 is 1.69 bits per heavy atom. The minimum absolute atomic E-state index is 0.394. The van der Waals surface area contributed by atoms with E-state index in [4.69, 9.17) is 0 Å². The van der Waals surface area contributed by atoms with Crippen molar-refractivity contribution in [3.8, 4) is 0 Å². The highest BCUT2D eigenvalue weighted by Gasteiger charge is 2.22. The van der Waals surface area contributed by atoms with Gasteiger partial charge in [0, 0.05) is 0 Å². The molecule has 1 atom stereocenters. The third-order valence-electron chi connectivity index (χ3n) is 1.82. The highest BCUT2D eigenvalue weighted by Crippen LogP contribution is 2.22. The van der Waals surface area contributed by atoms with Gasteiger partial charge in [-0.15, -0.1) is 6.58 Å². The Hall–Kier alpha value is -1.22. The first-order valence-electron chi connectivity index (χ1n) is 4.01. The number of nitrogens with zero attached hydrogens (tertiary/aromatic N) is 1. The smallest absolute Gasteiger partial charge is 0.141 e. The van der Waals surface area contributed by atoms with E-state index in [9.17, 15) is 9.50 Å². The van der Waals surface area contributed by atoms with Crippen LogP contribution in [0.4, 0.5) is 4.39 Å². The van der Waals surface area contributed by atoms with Gasteiger partial charge in [0.15, 0.2) is 0 Å². The number of hydrogen-bond acceptors (Lipinski definition) is 2. The lowest BCUT2D eigenvalue weighted by molar-refractivity contribution is 0.0559. The van der Waals surface area contributed by atoms with Gasteiger partial charge in [-0.05, 0) is 25.5 Å². The normalized spacial score (nSPS) is 15.0. The SMILES string of the molecule is C=CCC(C)(O)c1ccc(F)cn1. The van der Waals surface area contributed by atoms with Gasteiger partial charge in [-0.2, -0.15) is 0 Å². The average molecular weight is 181 g/mol. The molecule has 3 heteroatoms. The van der Waals surface area contributed by atoms with Crippen molar-refractivity contribution in [1.82, 2.24) is 4.98 Å². The Labute approximate surface area is 76.7 Å². The van der Waals surface area contributed by atoms with Crippen LogP contribution in [0, 0.1) is 5.82 Å². The summed E-state index contributed by atoms with van der Waals surface area (Å²) in [5.41, 5.74) is -0.607. The largest absolute Gasteiger partial charge is 0.384 e. The zero-order valence-electron chi connectivity index (χ0n) is 7.50. The summed E-state index contributed by atoms with van der Waals surface area (Å²) in [6, 6.07) is 2.75. The lowest BCUT2D eigenvalue weighted by Gasteiger charge is -2.20. The van der Waals surface area contributed by atoms with Crippen LogP contribution in [-0.2, 0) is 5.60 Å². The molecule has 0 radical (unpaired) electrons. The summed E-state index contributed by atoms with van der Waals surface area (Å²) in [4.78, 5) is 3.80. The second-order valence-electron chi connectivity index (χ2n) is 3.13. The van der Waals surface area contributed by atoms with Crippen LogP contribution in [0.25, 0.3) is 0 Å². The Morgan fingerprint density at radius 3 is 2.85 bits per heavy atom. The molecule has 0 saturated heterocycles. The van der Waals surface area contributed by atoms with Crippen molar-refractivity contribution in [3.63, 3.8) is 0 Å². The Balaban J connectivity index is 2.93. The number of hydrogen-bond donors (Lipinski definition) is 1. The lowest BCUT2D eigenvalue weighted by Crippen LogP contribution is -2.21. The van der Waals surface area contributed by atoms with Gasteiger partial charge >= 0.3 is 0 Å². The van der Waals surface area contributed by atoms with Crippen LogP contribution in [0.3, 0.4) is 0 Å². The highest BCUT2D eigenvalue weighted by atomic mass is 19.1. The molecule has 0 fully saturated rings. The van der Waals surface area contributed by atoms with Crippen molar-refractivity contribution < 1.29 is 9.50 Å². The van der Waals surface area contributed by atoms with Crippen molar-refractivity contribution >= 4 is 0 Å². The molecule has 1 rings (SSSR count). The molecule has 1 aromatic heterocycles. The van der Waals surface area contributed by atoms with E-state index in [0.717, 1.165) is 6.20 Å². The molecule has 13 heavy (non-hydrogen) atoms. The van der Waals surface area contributed by atoms with Crippen molar-refractivity contribution in [3.05, 3.63) is 42.5 Å². The number of halogens is 1. The molecular formula is C10H12FNO. The fourth-order valence-corrected chi connectivity index (χ4v) is 1.08. The average Bonchev–Trinajstić information content (AvgIpc) is 2.05. The van der Waals surface area contributed by atoms with E-state index in [1.54, 1.807) is 13.0 Å². The third kappa shape index (κ3) is 2.36. The van der Waals surface area contributed by atoms with E-state index in [-0.39, 0.29) is 0 Å². The molecule has 0 amide bonds. The predicted molar refractivity (Wildman–Crippen MR) is 48.6 cm³/mol. The summed E-state index contributed by atoms with van der Waals surface area (Å²) in [6.45, 7) is 5.15.